The highest BCUT2D eigenvalue weighted by Gasteiger charge is 2.38. The van der Waals surface area contributed by atoms with Gasteiger partial charge in [0.15, 0.2) is 0 Å². The zero-order valence-corrected chi connectivity index (χ0v) is 8.23. The Bertz CT molecular complexity index is 211. The summed E-state index contributed by atoms with van der Waals surface area (Å²) >= 11 is 0. The number of rotatable bonds is 1. The predicted molar refractivity (Wildman–Crippen MR) is 51.5 cm³/mol. The first kappa shape index (κ1) is 8.85. The quantitative estimate of drug-likeness (QED) is 0.636. The molecule has 0 aromatic carbocycles. The molecule has 1 saturated heterocycles. The first-order valence-electron chi connectivity index (χ1n) is 5.27. The summed E-state index contributed by atoms with van der Waals surface area (Å²) in [5.74, 6) is 0.707. The number of urea groups is 1. The van der Waals surface area contributed by atoms with E-state index in [4.69, 9.17) is 0 Å². The molecular formula is C10H18N2O. The summed E-state index contributed by atoms with van der Waals surface area (Å²) in [7, 11) is 0. The van der Waals surface area contributed by atoms with Crippen LogP contribution in [0.5, 0.6) is 0 Å². The molecular weight excluding hydrogens is 164 g/mol. The molecule has 2 fully saturated rings. The maximum Gasteiger partial charge on any atom is 0.315 e. The van der Waals surface area contributed by atoms with Crippen LogP contribution >= 0.6 is 0 Å². The predicted octanol–water partition coefficient (Wildman–Crippen LogP) is 1.64. The average Bonchev–Trinajstić information content (AvgIpc) is 2.55. The van der Waals surface area contributed by atoms with Crippen LogP contribution in [-0.2, 0) is 0 Å². The number of hydrogen-bond acceptors (Lipinski definition) is 1. The molecule has 0 radical (unpaired) electrons. The fraction of sp³-hybridized carbons (Fsp3) is 0.900. The normalized spacial score (nSPS) is 35.6. The molecule has 2 amide bonds. The molecule has 1 aliphatic carbocycles. The zero-order chi connectivity index (χ0) is 9.31. The van der Waals surface area contributed by atoms with Crippen LogP contribution < -0.4 is 10.6 Å². The average molecular weight is 182 g/mol. The lowest BCUT2D eigenvalue weighted by atomic mass is 9.81. The minimum Gasteiger partial charge on any atom is -0.338 e. The maximum absolute atomic E-state index is 11.2. The zero-order valence-electron chi connectivity index (χ0n) is 8.23. The Labute approximate surface area is 79.3 Å². The smallest absolute Gasteiger partial charge is 0.315 e. The van der Waals surface area contributed by atoms with Crippen LogP contribution in [0.4, 0.5) is 4.79 Å². The van der Waals surface area contributed by atoms with Gasteiger partial charge in [-0.1, -0.05) is 12.8 Å². The van der Waals surface area contributed by atoms with Crippen molar-refractivity contribution >= 4 is 6.03 Å². The summed E-state index contributed by atoms with van der Waals surface area (Å²) in [6.07, 6.45) is 6.32. The number of amides is 2. The molecule has 1 atom stereocenters. The van der Waals surface area contributed by atoms with Crippen LogP contribution in [0.15, 0.2) is 0 Å². The van der Waals surface area contributed by atoms with Gasteiger partial charge in [-0.05, 0) is 32.1 Å². The van der Waals surface area contributed by atoms with Gasteiger partial charge in [0, 0.05) is 12.1 Å². The monoisotopic (exact) mass is 182 g/mol. The van der Waals surface area contributed by atoms with Crippen molar-refractivity contribution in [2.45, 2.75) is 44.6 Å². The van der Waals surface area contributed by atoms with E-state index in [-0.39, 0.29) is 11.6 Å². The Morgan fingerprint density at radius 1 is 1.38 bits per heavy atom. The summed E-state index contributed by atoms with van der Waals surface area (Å²) in [6, 6.07) is 0.0145. The van der Waals surface area contributed by atoms with Crippen LogP contribution in [0.3, 0.4) is 0 Å². The second-order valence-electron chi connectivity index (χ2n) is 4.53. The topological polar surface area (TPSA) is 41.1 Å². The molecule has 0 spiro atoms. The summed E-state index contributed by atoms with van der Waals surface area (Å²) in [6.45, 7) is 3.03. The standard InChI is InChI=1S/C10H18N2O/c1-10(8-4-2-3-5-8)6-7-11-9(13)12-10/h8H,2-7H2,1H3,(H2,11,12,13). The van der Waals surface area contributed by atoms with Crippen molar-refractivity contribution in [2.75, 3.05) is 6.54 Å². The first-order valence-corrected chi connectivity index (χ1v) is 5.27. The Balaban J connectivity index is 2.04. The van der Waals surface area contributed by atoms with Crippen LogP contribution in [0.1, 0.15) is 39.0 Å². The molecule has 2 aliphatic rings. The van der Waals surface area contributed by atoms with Crippen LogP contribution in [-0.4, -0.2) is 18.1 Å². The Morgan fingerprint density at radius 3 is 2.69 bits per heavy atom. The molecule has 2 rings (SSSR count). The molecule has 1 heterocycles. The molecule has 74 valence electrons. The van der Waals surface area contributed by atoms with Gasteiger partial charge in [0.25, 0.3) is 0 Å². The van der Waals surface area contributed by atoms with E-state index in [1.165, 1.54) is 25.7 Å². The van der Waals surface area contributed by atoms with Crippen molar-refractivity contribution in [3.63, 3.8) is 0 Å². The molecule has 1 aliphatic heterocycles. The van der Waals surface area contributed by atoms with E-state index in [1.807, 2.05) is 0 Å². The van der Waals surface area contributed by atoms with Crippen molar-refractivity contribution < 1.29 is 4.79 Å². The minimum absolute atomic E-state index is 0.0145. The third kappa shape index (κ3) is 1.64. The SMILES string of the molecule is CC1(C2CCCC2)CCNC(=O)N1. The van der Waals surface area contributed by atoms with Crippen LogP contribution in [0.2, 0.25) is 0 Å². The highest BCUT2D eigenvalue weighted by atomic mass is 16.2. The molecule has 1 unspecified atom stereocenters. The van der Waals surface area contributed by atoms with E-state index in [9.17, 15) is 4.79 Å². The molecule has 2 N–H and O–H groups in total. The van der Waals surface area contributed by atoms with Gasteiger partial charge in [-0.2, -0.15) is 0 Å². The summed E-state index contributed by atoms with van der Waals surface area (Å²) in [4.78, 5) is 11.2. The van der Waals surface area contributed by atoms with Gasteiger partial charge in [0.2, 0.25) is 0 Å². The largest absolute Gasteiger partial charge is 0.338 e. The van der Waals surface area contributed by atoms with E-state index in [2.05, 4.69) is 17.6 Å². The van der Waals surface area contributed by atoms with Crippen molar-refractivity contribution in [2.24, 2.45) is 5.92 Å². The third-order valence-corrected chi connectivity index (χ3v) is 3.59. The molecule has 3 nitrogen and oxygen atoms in total. The number of carbonyl (C=O) groups is 1. The summed E-state index contributed by atoms with van der Waals surface area (Å²) < 4.78 is 0. The van der Waals surface area contributed by atoms with Gasteiger partial charge in [-0.3, -0.25) is 0 Å². The van der Waals surface area contributed by atoms with Gasteiger partial charge in [0.1, 0.15) is 0 Å². The number of nitrogens with one attached hydrogen (secondary N) is 2. The molecule has 0 aromatic rings. The summed E-state index contributed by atoms with van der Waals surface area (Å²) in [5, 5.41) is 5.90. The number of carbonyl (C=O) groups excluding carboxylic acids is 1. The minimum atomic E-state index is 0.0145. The lowest BCUT2D eigenvalue weighted by molar-refractivity contribution is 0.177. The Hall–Kier alpha value is -0.730. The lowest BCUT2D eigenvalue weighted by Crippen LogP contribution is -2.59. The van der Waals surface area contributed by atoms with E-state index in [0.717, 1.165) is 13.0 Å². The Morgan fingerprint density at radius 2 is 2.08 bits per heavy atom. The highest BCUT2D eigenvalue weighted by Crippen LogP contribution is 2.36. The summed E-state index contributed by atoms with van der Waals surface area (Å²) in [5.41, 5.74) is 0.0683. The van der Waals surface area contributed by atoms with E-state index in [0.29, 0.717) is 5.92 Å². The van der Waals surface area contributed by atoms with E-state index in [1.54, 1.807) is 0 Å². The van der Waals surface area contributed by atoms with Crippen molar-refractivity contribution in [1.82, 2.24) is 10.6 Å². The third-order valence-electron chi connectivity index (χ3n) is 3.59. The Kier molecular flexibility index (Phi) is 2.18. The number of hydrogen-bond donors (Lipinski definition) is 2. The van der Waals surface area contributed by atoms with Crippen LogP contribution in [0.25, 0.3) is 0 Å². The van der Waals surface area contributed by atoms with Gasteiger partial charge in [-0.15, -0.1) is 0 Å². The van der Waals surface area contributed by atoms with E-state index >= 15 is 0 Å². The van der Waals surface area contributed by atoms with Crippen molar-refractivity contribution in [1.29, 1.82) is 0 Å². The molecule has 0 bridgehead atoms. The van der Waals surface area contributed by atoms with E-state index < -0.39 is 0 Å². The lowest BCUT2D eigenvalue weighted by Gasteiger charge is -2.40. The van der Waals surface area contributed by atoms with Crippen LogP contribution in [0, 0.1) is 5.92 Å². The van der Waals surface area contributed by atoms with Crippen molar-refractivity contribution in [3.8, 4) is 0 Å². The fourth-order valence-corrected chi connectivity index (χ4v) is 2.67. The van der Waals surface area contributed by atoms with Gasteiger partial charge >= 0.3 is 6.03 Å². The molecule has 1 saturated carbocycles. The molecule has 0 aromatic heterocycles. The van der Waals surface area contributed by atoms with Crippen molar-refractivity contribution in [3.05, 3.63) is 0 Å². The maximum atomic E-state index is 11.2. The van der Waals surface area contributed by atoms with Gasteiger partial charge in [0.05, 0.1) is 0 Å². The second kappa shape index (κ2) is 3.20. The van der Waals surface area contributed by atoms with Gasteiger partial charge < -0.3 is 10.6 Å². The molecule has 3 heteroatoms. The first-order chi connectivity index (χ1) is 6.21. The second-order valence-corrected chi connectivity index (χ2v) is 4.53. The highest BCUT2D eigenvalue weighted by molar-refractivity contribution is 5.75. The fourth-order valence-electron chi connectivity index (χ4n) is 2.67. The molecule has 13 heavy (non-hydrogen) atoms. The van der Waals surface area contributed by atoms with Gasteiger partial charge in [-0.25, -0.2) is 4.79 Å².